The van der Waals surface area contributed by atoms with Crippen LogP contribution in [0.25, 0.3) is 5.57 Å². The number of hydrogen-bond donors (Lipinski definition) is 0. The Hall–Kier alpha value is -1.42. The molecule has 2 aromatic carbocycles. The Labute approximate surface area is 115 Å². The summed E-state index contributed by atoms with van der Waals surface area (Å²) in [5, 5.41) is 0. The van der Waals surface area contributed by atoms with Crippen LogP contribution in [-0.2, 0) is 25.1 Å². The summed E-state index contributed by atoms with van der Waals surface area (Å²) in [7, 11) is 0. The van der Waals surface area contributed by atoms with E-state index in [2.05, 4.69) is 6.08 Å². The molecule has 2 rings (SSSR count). The second kappa shape index (κ2) is 7.02. The van der Waals surface area contributed by atoms with Crippen LogP contribution < -0.4 is 0 Å². The molecular weight excluding hydrogens is 303 g/mol. The fraction of sp³-hybridized carbons (Fsp3) is 0. The first-order valence-electron chi connectivity index (χ1n) is 5.03. The van der Waals surface area contributed by atoms with Crippen molar-refractivity contribution in [2.24, 2.45) is 0 Å². The van der Waals surface area contributed by atoms with Crippen molar-refractivity contribution in [1.29, 1.82) is 0 Å². The first-order valence-corrected chi connectivity index (χ1v) is 5.03. The first kappa shape index (κ1) is 13.6. The van der Waals surface area contributed by atoms with Gasteiger partial charge in [0.2, 0.25) is 0 Å². The number of rotatable bonds is 2. The summed E-state index contributed by atoms with van der Waals surface area (Å²) in [5.41, 5.74) is 2.16. The van der Waals surface area contributed by atoms with E-state index < -0.39 is 0 Å². The summed E-state index contributed by atoms with van der Waals surface area (Å²) < 4.78 is 10.9. The predicted molar refractivity (Wildman–Crippen MR) is 63.2 cm³/mol. The van der Waals surface area contributed by atoms with E-state index in [-0.39, 0.29) is 20.4 Å². The Morgan fingerprint density at radius 2 is 1.41 bits per heavy atom. The molecule has 0 saturated heterocycles. The second-order valence-electron chi connectivity index (χ2n) is 3.33. The minimum atomic E-state index is 0. The number of benzene rings is 2. The fourth-order valence-electron chi connectivity index (χ4n) is 1.43. The molecule has 2 heteroatoms. The van der Waals surface area contributed by atoms with Crippen LogP contribution in [-0.4, -0.2) is 0 Å². The van der Waals surface area contributed by atoms with Crippen molar-refractivity contribution in [3.63, 3.8) is 0 Å². The van der Waals surface area contributed by atoms with Crippen LogP contribution in [0.4, 0.5) is 0 Å². The van der Waals surface area contributed by atoms with Gasteiger partial charge in [-0.3, -0.25) is 0 Å². The van der Waals surface area contributed by atoms with Crippen LogP contribution in [0.15, 0.2) is 60.7 Å². The van der Waals surface area contributed by atoms with E-state index in [1.807, 2.05) is 66.8 Å². The van der Waals surface area contributed by atoms with Crippen molar-refractivity contribution >= 4 is 5.57 Å². The Kier molecular flexibility index (Phi) is 5.63. The van der Waals surface area contributed by atoms with Crippen molar-refractivity contribution in [3.05, 3.63) is 77.9 Å². The molecule has 0 N–H and O–H groups in total. The van der Waals surface area contributed by atoms with Crippen LogP contribution in [0.1, 0.15) is 11.1 Å². The quantitative estimate of drug-likeness (QED) is 0.351. The van der Waals surface area contributed by atoms with Crippen LogP contribution in [0.3, 0.4) is 0 Å². The SMILES string of the molecule is [O+]#CC(=[C-]c1ccccc1)c1ccccc1.[Pd]. The maximum absolute atomic E-state index is 10.9. The minimum absolute atomic E-state index is 0. The normalized spacial score (nSPS) is 10.2. The topological polar surface area (TPSA) is 19.9 Å². The molecule has 0 radical (unpaired) electrons. The summed E-state index contributed by atoms with van der Waals surface area (Å²) in [6.07, 6.45) is 4.96. The van der Waals surface area contributed by atoms with Gasteiger partial charge in [-0.05, 0) is 0 Å². The largest absolute Gasteiger partial charge is 0 e. The van der Waals surface area contributed by atoms with Gasteiger partial charge in [-0.25, -0.2) is 0 Å². The molecule has 1 nitrogen and oxygen atoms in total. The van der Waals surface area contributed by atoms with E-state index in [1.165, 1.54) is 0 Å². The Morgan fingerprint density at radius 3 is 1.94 bits per heavy atom. The average Bonchev–Trinajstić information content (AvgIpc) is 2.38. The van der Waals surface area contributed by atoms with Crippen molar-refractivity contribution in [2.45, 2.75) is 0 Å². The maximum Gasteiger partial charge on any atom is 0 e. The smallest absolute Gasteiger partial charge is 0 e. The van der Waals surface area contributed by atoms with E-state index in [9.17, 15) is 4.65 Å². The third-order valence-electron chi connectivity index (χ3n) is 2.21. The summed E-state index contributed by atoms with van der Waals surface area (Å²) >= 11 is 0. The molecule has 0 atom stereocenters. The Balaban J connectivity index is 0.00000144. The molecule has 2 aromatic rings. The van der Waals surface area contributed by atoms with Crippen LogP contribution in [0.2, 0.25) is 0 Å². The molecule has 0 bridgehead atoms. The molecule has 0 heterocycles. The zero-order chi connectivity index (χ0) is 11.2. The zero-order valence-corrected chi connectivity index (χ0v) is 10.6. The number of hydrogen-bond acceptors (Lipinski definition) is 0. The summed E-state index contributed by atoms with van der Waals surface area (Å²) in [6, 6.07) is 19.0. The average molecular weight is 313 g/mol. The standard InChI is InChI=1S/C15H10O.Pd/c16-12-15(14-9-5-2-6-10-14)11-13-7-3-1-4-8-13;/h1-10H;. The van der Waals surface area contributed by atoms with Crippen molar-refractivity contribution in [2.75, 3.05) is 0 Å². The van der Waals surface area contributed by atoms with E-state index in [1.54, 1.807) is 0 Å². The first-order chi connectivity index (χ1) is 7.90. The van der Waals surface area contributed by atoms with Gasteiger partial charge in [0, 0.05) is 20.4 Å². The third kappa shape index (κ3) is 3.82. The minimum Gasteiger partial charge on any atom is 0 e. The zero-order valence-electron chi connectivity index (χ0n) is 9.00. The third-order valence-corrected chi connectivity index (χ3v) is 2.21. The van der Waals surface area contributed by atoms with E-state index in [4.69, 9.17) is 0 Å². The van der Waals surface area contributed by atoms with Gasteiger partial charge in [-0.15, -0.1) is 0 Å². The van der Waals surface area contributed by atoms with Gasteiger partial charge in [0.05, 0.1) is 0 Å². The molecular formula is C15H10OPd. The molecule has 0 aliphatic rings. The summed E-state index contributed by atoms with van der Waals surface area (Å²) in [4.78, 5) is 0. The van der Waals surface area contributed by atoms with E-state index in [0.29, 0.717) is 5.57 Å². The molecule has 0 saturated carbocycles. The summed E-state index contributed by atoms with van der Waals surface area (Å²) in [6.45, 7) is 0. The van der Waals surface area contributed by atoms with Crippen LogP contribution >= 0.6 is 0 Å². The molecule has 0 aromatic heterocycles. The van der Waals surface area contributed by atoms with E-state index >= 15 is 0 Å². The van der Waals surface area contributed by atoms with Gasteiger partial charge in [-0.2, -0.15) is 0 Å². The Morgan fingerprint density at radius 1 is 0.882 bits per heavy atom. The van der Waals surface area contributed by atoms with Crippen LogP contribution in [0.5, 0.6) is 0 Å². The molecule has 0 amide bonds. The van der Waals surface area contributed by atoms with Crippen LogP contribution in [0, 0.1) is 12.2 Å². The predicted octanol–water partition coefficient (Wildman–Crippen LogP) is 3.31. The molecule has 0 fully saturated rings. The maximum atomic E-state index is 10.9. The van der Waals surface area contributed by atoms with Gasteiger partial charge in [0.25, 0.3) is 0 Å². The second-order valence-corrected chi connectivity index (χ2v) is 3.33. The molecule has 0 unspecified atom stereocenters. The molecule has 86 valence electrons. The Bertz CT molecular complexity index is 524. The van der Waals surface area contributed by atoms with Gasteiger partial charge < -0.3 is 0 Å². The van der Waals surface area contributed by atoms with Gasteiger partial charge in [-0.1, -0.05) is 0 Å². The van der Waals surface area contributed by atoms with Crippen molar-refractivity contribution in [1.82, 2.24) is 0 Å². The van der Waals surface area contributed by atoms with Gasteiger partial charge in [0.15, 0.2) is 0 Å². The molecule has 0 spiro atoms. The van der Waals surface area contributed by atoms with Gasteiger partial charge >= 0.3 is 94.2 Å². The monoisotopic (exact) mass is 312 g/mol. The van der Waals surface area contributed by atoms with Gasteiger partial charge in [0.1, 0.15) is 0 Å². The van der Waals surface area contributed by atoms with E-state index in [0.717, 1.165) is 11.1 Å². The summed E-state index contributed by atoms with van der Waals surface area (Å²) in [5.74, 6) is 0. The van der Waals surface area contributed by atoms with Crippen molar-refractivity contribution in [3.8, 4) is 6.15 Å². The molecule has 0 aliphatic heterocycles. The fourth-order valence-corrected chi connectivity index (χ4v) is 1.43. The van der Waals surface area contributed by atoms with Crippen molar-refractivity contribution < 1.29 is 25.1 Å². The molecule has 17 heavy (non-hydrogen) atoms. The number of allylic oxidation sites excluding steroid dienone is 1. The molecule has 0 aliphatic carbocycles.